The number of H-pyrrole nitrogens is 1. The van der Waals surface area contributed by atoms with E-state index in [0.717, 1.165) is 0 Å². The number of nitrogens with zero attached hydrogens (tertiary/aromatic N) is 1. The fourth-order valence-electron chi connectivity index (χ4n) is 2.39. The van der Waals surface area contributed by atoms with Crippen molar-refractivity contribution in [2.24, 2.45) is 0 Å². The maximum atomic E-state index is 12.3. The van der Waals surface area contributed by atoms with Crippen molar-refractivity contribution in [3.8, 4) is 5.75 Å². The van der Waals surface area contributed by atoms with Crippen LogP contribution in [-0.2, 0) is 4.74 Å². The lowest BCUT2D eigenvalue weighted by molar-refractivity contribution is 0.0316. The predicted octanol–water partition coefficient (Wildman–Crippen LogP) is 2.85. The van der Waals surface area contributed by atoms with E-state index in [2.05, 4.69) is 9.97 Å². The highest BCUT2D eigenvalue weighted by molar-refractivity contribution is 5.92. The molecule has 0 unspecified atom stereocenters. The van der Waals surface area contributed by atoms with Gasteiger partial charge < -0.3 is 14.5 Å². The molecule has 0 radical (unpaired) electrons. The zero-order valence-electron chi connectivity index (χ0n) is 13.3. The Labute approximate surface area is 138 Å². The lowest BCUT2D eigenvalue weighted by atomic mass is 10.2. The van der Waals surface area contributed by atoms with Crippen molar-refractivity contribution < 1.29 is 14.3 Å². The van der Waals surface area contributed by atoms with Crippen molar-refractivity contribution >= 4 is 16.9 Å². The van der Waals surface area contributed by atoms with Gasteiger partial charge in [0.2, 0.25) is 0 Å². The Morgan fingerprint density at radius 2 is 1.83 bits per heavy atom. The quantitative estimate of drug-likeness (QED) is 0.746. The van der Waals surface area contributed by atoms with Crippen LogP contribution in [0.1, 0.15) is 29.2 Å². The predicted molar refractivity (Wildman–Crippen MR) is 89.2 cm³/mol. The smallest absolute Gasteiger partial charge is 0.342 e. The molecular weight excluding hydrogens is 308 g/mol. The highest BCUT2D eigenvalue weighted by Crippen LogP contribution is 2.22. The molecule has 0 aliphatic carbocycles. The summed E-state index contributed by atoms with van der Waals surface area (Å²) in [4.78, 5) is 31.5. The molecule has 6 heteroatoms. The number of para-hydroxylation sites is 2. The Balaban J connectivity index is 1.88. The molecule has 1 heterocycles. The number of esters is 1. The zero-order valence-corrected chi connectivity index (χ0v) is 13.3. The van der Waals surface area contributed by atoms with Gasteiger partial charge >= 0.3 is 5.97 Å². The number of rotatable bonds is 4. The average Bonchev–Trinajstić information content (AvgIpc) is 2.61. The fraction of sp³-hybridized carbons (Fsp3) is 0.167. The van der Waals surface area contributed by atoms with Crippen molar-refractivity contribution in [3.05, 3.63) is 70.3 Å². The molecule has 1 N–H and O–H groups in total. The van der Waals surface area contributed by atoms with Crippen molar-refractivity contribution in [1.29, 1.82) is 0 Å². The summed E-state index contributed by atoms with van der Waals surface area (Å²) in [6.45, 7) is 1.65. The van der Waals surface area contributed by atoms with E-state index in [-0.39, 0.29) is 5.56 Å². The molecule has 1 aromatic heterocycles. The molecule has 0 fully saturated rings. The van der Waals surface area contributed by atoms with Crippen LogP contribution < -0.4 is 10.3 Å². The van der Waals surface area contributed by atoms with Gasteiger partial charge in [-0.2, -0.15) is 0 Å². The van der Waals surface area contributed by atoms with Crippen molar-refractivity contribution in [2.75, 3.05) is 7.11 Å². The summed E-state index contributed by atoms with van der Waals surface area (Å²) in [5.41, 5.74) is 0.599. The highest BCUT2D eigenvalue weighted by atomic mass is 16.5. The number of benzene rings is 2. The highest BCUT2D eigenvalue weighted by Gasteiger charge is 2.19. The minimum Gasteiger partial charge on any atom is -0.496 e. The van der Waals surface area contributed by atoms with Gasteiger partial charge in [0, 0.05) is 0 Å². The molecule has 0 spiro atoms. The number of carbonyl (C=O) groups excluding carboxylic acids is 1. The third-order valence-electron chi connectivity index (χ3n) is 3.63. The van der Waals surface area contributed by atoms with E-state index in [1.54, 1.807) is 55.5 Å². The molecule has 3 aromatic rings. The number of nitrogens with one attached hydrogen (secondary N) is 1. The summed E-state index contributed by atoms with van der Waals surface area (Å²) in [6, 6.07) is 13.8. The third-order valence-corrected chi connectivity index (χ3v) is 3.63. The van der Waals surface area contributed by atoms with Crippen molar-refractivity contribution in [1.82, 2.24) is 9.97 Å². The summed E-state index contributed by atoms with van der Waals surface area (Å²) in [5, 5.41) is 0.490. The molecule has 0 aliphatic rings. The first-order valence-corrected chi connectivity index (χ1v) is 7.43. The van der Waals surface area contributed by atoms with E-state index in [1.807, 2.05) is 0 Å². The first kappa shape index (κ1) is 15.7. The number of carbonyl (C=O) groups is 1. The Morgan fingerprint density at radius 3 is 2.62 bits per heavy atom. The maximum Gasteiger partial charge on any atom is 0.342 e. The molecule has 122 valence electrons. The van der Waals surface area contributed by atoms with E-state index in [9.17, 15) is 9.59 Å². The average molecular weight is 324 g/mol. The molecule has 6 nitrogen and oxygen atoms in total. The number of fused-ring (bicyclic) bond motifs is 1. The molecule has 2 aromatic carbocycles. The van der Waals surface area contributed by atoms with E-state index in [0.29, 0.717) is 28.0 Å². The summed E-state index contributed by atoms with van der Waals surface area (Å²) >= 11 is 0. The second kappa shape index (κ2) is 6.54. The maximum absolute atomic E-state index is 12.3. The van der Waals surface area contributed by atoms with Gasteiger partial charge in [0.1, 0.15) is 11.3 Å². The lowest BCUT2D eigenvalue weighted by Gasteiger charge is -2.14. The first-order valence-electron chi connectivity index (χ1n) is 7.43. The van der Waals surface area contributed by atoms with Crippen LogP contribution in [0.4, 0.5) is 0 Å². The van der Waals surface area contributed by atoms with Crippen molar-refractivity contribution in [2.45, 2.75) is 13.0 Å². The van der Waals surface area contributed by atoms with Gasteiger partial charge in [-0.05, 0) is 31.2 Å². The number of methoxy groups -OCH3 is 1. The lowest BCUT2D eigenvalue weighted by Crippen LogP contribution is -2.17. The number of aromatic nitrogens is 2. The third kappa shape index (κ3) is 2.99. The molecule has 0 amide bonds. The number of ether oxygens (including phenoxy) is 2. The van der Waals surface area contributed by atoms with Crippen LogP contribution in [0.3, 0.4) is 0 Å². The number of aromatic amines is 1. The van der Waals surface area contributed by atoms with Crippen LogP contribution in [0, 0.1) is 0 Å². The van der Waals surface area contributed by atoms with Gasteiger partial charge in [-0.15, -0.1) is 0 Å². The van der Waals surface area contributed by atoms with Crippen LogP contribution in [0.5, 0.6) is 5.75 Å². The molecule has 0 aliphatic heterocycles. The Hall–Kier alpha value is -3.15. The van der Waals surface area contributed by atoms with Gasteiger partial charge in [-0.25, -0.2) is 9.78 Å². The van der Waals surface area contributed by atoms with E-state index < -0.39 is 12.1 Å². The van der Waals surface area contributed by atoms with Crippen LogP contribution in [-0.4, -0.2) is 23.0 Å². The minimum atomic E-state index is -0.709. The zero-order chi connectivity index (χ0) is 17.1. The molecule has 24 heavy (non-hydrogen) atoms. The van der Waals surface area contributed by atoms with Gasteiger partial charge in [0.25, 0.3) is 5.56 Å². The van der Waals surface area contributed by atoms with E-state index in [1.165, 1.54) is 7.11 Å². The van der Waals surface area contributed by atoms with Crippen LogP contribution >= 0.6 is 0 Å². The minimum absolute atomic E-state index is 0.268. The molecule has 1 atom stereocenters. The van der Waals surface area contributed by atoms with Gasteiger partial charge in [0.05, 0.1) is 18.0 Å². The number of hydrogen-bond acceptors (Lipinski definition) is 5. The van der Waals surface area contributed by atoms with E-state index in [4.69, 9.17) is 9.47 Å². The monoisotopic (exact) mass is 324 g/mol. The van der Waals surface area contributed by atoms with Crippen LogP contribution in [0.25, 0.3) is 10.9 Å². The van der Waals surface area contributed by atoms with Crippen LogP contribution in [0.15, 0.2) is 53.3 Å². The van der Waals surface area contributed by atoms with Crippen molar-refractivity contribution in [3.63, 3.8) is 0 Å². The van der Waals surface area contributed by atoms with Gasteiger partial charge in [0.15, 0.2) is 11.9 Å². The standard InChI is InChI=1S/C18H16N2O4/c1-11(24-18(22)13-8-4-6-10-15(13)23-2)16-19-14-9-5-3-7-12(14)17(21)20-16/h3-11H,1-2H3,(H,19,20,21)/t11-/m0/s1. The summed E-state index contributed by atoms with van der Waals surface area (Å²) in [7, 11) is 1.48. The molecule has 0 bridgehead atoms. The normalized spacial score (nSPS) is 11.9. The second-order valence-corrected chi connectivity index (χ2v) is 5.22. The molecular formula is C18H16N2O4. The number of hydrogen-bond donors (Lipinski definition) is 1. The van der Waals surface area contributed by atoms with E-state index >= 15 is 0 Å². The molecule has 0 saturated heterocycles. The largest absolute Gasteiger partial charge is 0.496 e. The van der Waals surface area contributed by atoms with Gasteiger partial charge in [-0.3, -0.25) is 4.79 Å². The Morgan fingerprint density at radius 1 is 1.12 bits per heavy atom. The fourth-order valence-corrected chi connectivity index (χ4v) is 2.39. The first-order chi connectivity index (χ1) is 11.6. The summed E-state index contributed by atoms with van der Waals surface area (Å²) < 4.78 is 10.6. The van der Waals surface area contributed by atoms with Gasteiger partial charge in [-0.1, -0.05) is 24.3 Å². The second-order valence-electron chi connectivity index (χ2n) is 5.22. The topological polar surface area (TPSA) is 81.3 Å². The molecule has 3 rings (SSSR count). The Bertz CT molecular complexity index is 949. The molecule has 0 saturated carbocycles. The summed E-state index contributed by atoms with van der Waals surface area (Å²) in [6.07, 6.45) is -0.709. The Kier molecular flexibility index (Phi) is 4.29. The SMILES string of the molecule is COc1ccccc1C(=O)O[C@@H](C)c1nc2ccccc2c(=O)[nH]1. The van der Waals surface area contributed by atoms with Crippen LogP contribution in [0.2, 0.25) is 0 Å². The summed E-state index contributed by atoms with van der Waals surface area (Å²) in [5.74, 6) is 0.173.